The lowest BCUT2D eigenvalue weighted by atomic mass is 9.55. The number of carbonyl (C=O) groups excluding carboxylic acids is 2. The van der Waals surface area contributed by atoms with Gasteiger partial charge in [-0.15, -0.1) is 0 Å². The molecule has 3 heteroatoms. The molecule has 0 amide bonds. The van der Waals surface area contributed by atoms with Gasteiger partial charge in [-0.3, -0.25) is 9.59 Å². The van der Waals surface area contributed by atoms with E-state index >= 15 is 0 Å². The lowest BCUT2D eigenvalue weighted by molar-refractivity contribution is -0.136. The topological polar surface area (TPSA) is 43.4 Å². The van der Waals surface area contributed by atoms with Crippen molar-refractivity contribution in [3.63, 3.8) is 0 Å². The van der Waals surface area contributed by atoms with Gasteiger partial charge in [0, 0.05) is 5.41 Å². The van der Waals surface area contributed by atoms with Crippen molar-refractivity contribution in [3.05, 3.63) is 29.3 Å². The number of hydrogen-bond acceptors (Lipinski definition) is 3. The number of aryl methyl sites for hydroxylation is 1. The van der Waals surface area contributed by atoms with E-state index in [1.165, 1.54) is 11.1 Å². The lowest BCUT2D eigenvalue weighted by Crippen LogP contribution is -2.42. The van der Waals surface area contributed by atoms with Crippen molar-refractivity contribution in [1.29, 1.82) is 0 Å². The van der Waals surface area contributed by atoms with Gasteiger partial charge in [-0.2, -0.15) is 0 Å². The highest BCUT2D eigenvalue weighted by molar-refractivity contribution is 6.05. The van der Waals surface area contributed by atoms with Crippen molar-refractivity contribution in [2.75, 3.05) is 7.11 Å². The molecule has 3 nitrogen and oxygen atoms in total. The lowest BCUT2D eigenvalue weighted by Gasteiger charge is -2.48. The SMILES string of the molecule is COc1ccc2c(c1)CC[C@@H]1[C@@H]2CC[C@]2(C)C(=O)C(C(C)=O)C[C@@H]12. The first kappa shape index (κ1) is 15.9. The zero-order valence-electron chi connectivity index (χ0n) is 14.8. The van der Waals surface area contributed by atoms with Crippen LogP contribution < -0.4 is 4.74 Å². The molecule has 2 saturated carbocycles. The standard InChI is InChI=1S/C21H26O3/c1-12(22)18-11-19-17-6-4-13-10-14(24-3)5-7-15(13)16(17)8-9-21(19,2)20(18)23/h5,7,10,16-19H,4,6,8-9,11H2,1-3H3/t16-,17-,18?,19+,21+/m1/s1. The van der Waals surface area contributed by atoms with E-state index in [1.807, 2.05) is 0 Å². The number of ether oxygens (including phenoxy) is 1. The minimum Gasteiger partial charge on any atom is -0.497 e. The molecule has 128 valence electrons. The molecule has 2 fully saturated rings. The summed E-state index contributed by atoms with van der Waals surface area (Å²) in [6.45, 7) is 3.71. The summed E-state index contributed by atoms with van der Waals surface area (Å²) in [5.74, 6) is 2.31. The number of hydrogen-bond donors (Lipinski definition) is 0. The Bertz CT molecular complexity index is 707. The van der Waals surface area contributed by atoms with E-state index < -0.39 is 0 Å². The van der Waals surface area contributed by atoms with Crippen molar-refractivity contribution >= 4 is 11.6 Å². The molecule has 1 aromatic carbocycles. The van der Waals surface area contributed by atoms with Crippen molar-refractivity contribution in [2.45, 2.75) is 51.9 Å². The predicted molar refractivity (Wildman–Crippen MR) is 92.2 cm³/mol. The molecule has 5 atom stereocenters. The molecule has 0 aromatic heterocycles. The minimum absolute atomic E-state index is 0.0631. The first-order valence-electron chi connectivity index (χ1n) is 9.17. The van der Waals surface area contributed by atoms with E-state index in [4.69, 9.17) is 4.74 Å². The molecular formula is C21H26O3. The summed E-state index contributed by atoms with van der Waals surface area (Å²) < 4.78 is 5.37. The van der Waals surface area contributed by atoms with Gasteiger partial charge in [0.1, 0.15) is 17.3 Å². The van der Waals surface area contributed by atoms with Gasteiger partial charge in [0.25, 0.3) is 0 Å². The molecule has 4 rings (SSSR count). The second-order valence-corrected chi connectivity index (χ2v) is 8.20. The quantitative estimate of drug-likeness (QED) is 0.773. The molecule has 0 radical (unpaired) electrons. The zero-order valence-corrected chi connectivity index (χ0v) is 14.8. The number of ketones is 2. The van der Waals surface area contributed by atoms with Crippen molar-refractivity contribution < 1.29 is 14.3 Å². The van der Waals surface area contributed by atoms with Gasteiger partial charge in [-0.1, -0.05) is 13.0 Å². The third kappa shape index (κ3) is 2.09. The van der Waals surface area contributed by atoms with Gasteiger partial charge in [0.15, 0.2) is 0 Å². The van der Waals surface area contributed by atoms with E-state index in [-0.39, 0.29) is 22.9 Å². The van der Waals surface area contributed by atoms with E-state index in [9.17, 15) is 9.59 Å². The predicted octanol–water partition coefficient (Wildman–Crippen LogP) is 3.94. The van der Waals surface area contributed by atoms with Gasteiger partial charge in [-0.05, 0) is 80.0 Å². The number of fused-ring (bicyclic) bond motifs is 5. The fourth-order valence-electron chi connectivity index (χ4n) is 5.86. The number of carbonyl (C=O) groups is 2. The number of methoxy groups -OCH3 is 1. The maximum Gasteiger partial charge on any atom is 0.149 e. The first-order valence-corrected chi connectivity index (χ1v) is 9.17. The maximum absolute atomic E-state index is 12.9. The monoisotopic (exact) mass is 326 g/mol. The molecular weight excluding hydrogens is 300 g/mol. The molecule has 0 N–H and O–H groups in total. The van der Waals surface area contributed by atoms with Gasteiger partial charge >= 0.3 is 0 Å². The Balaban J connectivity index is 1.69. The molecule has 0 bridgehead atoms. The summed E-state index contributed by atoms with van der Waals surface area (Å²) in [6, 6.07) is 6.47. The number of rotatable bonds is 2. The minimum atomic E-state index is -0.351. The summed E-state index contributed by atoms with van der Waals surface area (Å²) in [7, 11) is 1.71. The van der Waals surface area contributed by atoms with E-state index in [0.29, 0.717) is 17.8 Å². The highest BCUT2D eigenvalue weighted by Gasteiger charge is 2.58. The van der Waals surface area contributed by atoms with Gasteiger partial charge < -0.3 is 4.74 Å². The second-order valence-electron chi connectivity index (χ2n) is 8.20. The molecule has 1 aromatic rings. The molecule has 24 heavy (non-hydrogen) atoms. The Morgan fingerprint density at radius 2 is 2.08 bits per heavy atom. The largest absolute Gasteiger partial charge is 0.497 e. The fourth-order valence-corrected chi connectivity index (χ4v) is 5.86. The van der Waals surface area contributed by atoms with Crippen LogP contribution in [0.15, 0.2) is 18.2 Å². The molecule has 0 aliphatic heterocycles. The van der Waals surface area contributed by atoms with Crippen LogP contribution in [0.3, 0.4) is 0 Å². The molecule has 0 spiro atoms. The van der Waals surface area contributed by atoms with Crippen LogP contribution in [0.1, 0.15) is 56.6 Å². The van der Waals surface area contributed by atoms with Crippen LogP contribution in [0, 0.1) is 23.2 Å². The van der Waals surface area contributed by atoms with Crippen LogP contribution in [0.2, 0.25) is 0 Å². The molecule has 0 heterocycles. The highest BCUT2D eigenvalue weighted by Crippen LogP contribution is 2.60. The molecule has 0 saturated heterocycles. The summed E-state index contributed by atoms with van der Waals surface area (Å²) in [6.07, 6.45) is 4.94. The zero-order chi connectivity index (χ0) is 17.1. The molecule has 1 unspecified atom stereocenters. The normalized spacial score (nSPS) is 37.4. The van der Waals surface area contributed by atoms with Crippen LogP contribution in [0.25, 0.3) is 0 Å². The van der Waals surface area contributed by atoms with E-state index in [1.54, 1.807) is 14.0 Å². The van der Waals surface area contributed by atoms with Crippen LogP contribution in [0.5, 0.6) is 5.75 Å². The Labute approximate surface area is 143 Å². The maximum atomic E-state index is 12.9. The van der Waals surface area contributed by atoms with E-state index in [2.05, 4.69) is 25.1 Å². The third-order valence-electron chi connectivity index (χ3n) is 7.18. The van der Waals surface area contributed by atoms with Gasteiger partial charge in [0.2, 0.25) is 0 Å². The van der Waals surface area contributed by atoms with Crippen molar-refractivity contribution in [1.82, 2.24) is 0 Å². The Kier molecular flexibility index (Phi) is 3.59. The Morgan fingerprint density at radius 1 is 1.29 bits per heavy atom. The van der Waals surface area contributed by atoms with Crippen molar-refractivity contribution in [3.8, 4) is 5.75 Å². The summed E-state index contributed by atoms with van der Waals surface area (Å²) in [4.78, 5) is 24.8. The summed E-state index contributed by atoms with van der Waals surface area (Å²) in [5, 5.41) is 0. The van der Waals surface area contributed by atoms with Crippen LogP contribution in [0.4, 0.5) is 0 Å². The number of Topliss-reactive ketones (excluding diaryl/α,β-unsaturated/α-hetero) is 2. The third-order valence-corrected chi connectivity index (χ3v) is 7.18. The van der Waals surface area contributed by atoms with Crippen LogP contribution in [-0.2, 0) is 16.0 Å². The van der Waals surface area contributed by atoms with Gasteiger partial charge in [-0.25, -0.2) is 0 Å². The molecule has 3 aliphatic rings. The average molecular weight is 326 g/mol. The Hall–Kier alpha value is -1.64. The highest BCUT2D eigenvalue weighted by atomic mass is 16.5. The summed E-state index contributed by atoms with van der Waals surface area (Å²) in [5.41, 5.74) is 2.58. The van der Waals surface area contributed by atoms with Crippen molar-refractivity contribution in [2.24, 2.45) is 23.2 Å². The summed E-state index contributed by atoms with van der Waals surface area (Å²) >= 11 is 0. The van der Waals surface area contributed by atoms with Crippen LogP contribution >= 0.6 is 0 Å². The second kappa shape index (κ2) is 5.44. The Morgan fingerprint density at radius 3 is 2.79 bits per heavy atom. The molecule has 3 aliphatic carbocycles. The number of benzene rings is 1. The fraction of sp³-hybridized carbons (Fsp3) is 0.619. The first-order chi connectivity index (χ1) is 11.5. The van der Waals surface area contributed by atoms with E-state index in [0.717, 1.165) is 37.9 Å². The van der Waals surface area contributed by atoms with Gasteiger partial charge in [0.05, 0.1) is 13.0 Å². The van der Waals surface area contributed by atoms with Crippen LogP contribution in [-0.4, -0.2) is 18.7 Å². The smallest absolute Gasteiger partial charge is 0.149 e. The average Bonchev–Trinajstić information content (AvgIpc) is 2.86.